The van der Waals surface area contributed by atoms with Crippen molar-refractivity contribution in [3.8, 4) is 17.0 Å². The molecule has 4 rings (SSSR count). The number of aromatic nitrogens is 3. The van der Waals surface area contributed by atoms with Crippen LogP contribution in [-0.2, 0) is 4.79 Å². The van der Waals surface area contributed by atoms with Crippen LogP contribution in [0.4, 0.5) is 10.2 Å². The number of hydrogen-bond donors (Lipinski definition) is 1. The number of carbonyl (C=O) groups is 2. The quantitative estimate of drug-likeness (QED) is 0.715. The highest BCUT2D eigenvalue weighted by Crippen LogP contribution is 2.28. The van der Waals surface area contributed by atoms with Crippen molar-refractivity contribution in [1.82, 2.24) is 20.3 Å². The molecule has 152 valence electrons. The molecule has 0 unspecified atom stereocenters. The van der Waals surface area contributed by atoms with Crippen LogP contribution in [0.1, 0.15) is 16.2 Å². The summed E-state index contributed by atoms with van der Waals surface area (Å²) < 4.78 is 19.0. The van der Waals surface area contributed by atoms with Gasteiger partial charge in [0.1, 0.15) is 18.5 Å². The number of hydrogen-bond acceptors (Lipinski definition) is 6. The molecule has 2 aromatic heterocycles. The van der Waals surface area contributed by atoms with Crippen molar-refractivity contribution in [2.75, 3.05) is 18.6 Å². The lowest BCUT2D eigenvalue weighted by Gasteiger charge is -2.19. The molecule has 3 heterocycles. The first kappa shape index (κ1) is 19.4. The number of rotatable bonds is 3. The van der Waals surface area contributed by atoms with E-state index >= 15 is 0 Å². The van der Waals surface area contributed by atoms with Gasteiger partial charge < -0.3 is 10.1 Å². The van der Waals surface area contributed by atoms with Crippen molar-refractivity contribution < 1.29 is 18.7 Å². The number of halogens is 1. The SMILES string of the molecule is Cc1cnc(C(=O)N[C@H]2COc3cc(F)cnc3N(C)C2=O)nc1-c1ccccc1. The molecule has 2 amide bonds. The Morgan fingerprint density at radius 3 is 2.77 bits per heavy atom. The Kier molecular flexibility index (Phi) is 5.09. The number of nitrogens with one attached hydrogen (secondary N) is 1. The highest BCUT2D eigenvalue weighted by Gasteiger charge is 2.32. The minimum atomic E-state index is -1.01. The molecule has 8 nitrogen and oxygen atoms in total. The molecule has 9 heteroatoms. The smallest absolute Gasteiger partial charge is 0.289 e. The summed E-state index contributed by atoms with van der Waals surface area (Å²) in [5.74, 6) is -1.42. The minimum Gasteiger partial charge on any atom is -0.487 e. The van der Waals surface area contributed by atoms with E-state index in [1.807, 2.05) is 37.3 Å². The van der Waals surface area contributed by atoms with Crippen molar-refractivity contribution in [1.29, 1.82) is 0 Å². The zero-order valence-electron chi connectivity index (χ0n) is 16.3. The van der Waals surface area contributed by atoms with Crippen LogP contribution in [0.5, 0.6) is 5.75 Å². The van der Waals surface area contributed by atoms with Gasteiger partial charge in [-0.2, -0.15) is 0 Å². The van der Waals surface area contributed by atoms with E-state index in [0.717, 1.165) is 23.4 Å². The lowest BCUT2D eigenvalue weighted by Crippen LogP contribution is -2.49. The summed E-state index contributed by atoms with van der Waals surface area (Å²) in [7, 11) is 1.48. The molecule has 0 saturated carbocycles. The zero-order valence-corrected chi connectivity index (χ0v) is 16.3. The van der Waals surface area contributed by atoms with Gasteiger partial charge in [0.15, 0.2) is 11.6 Å². The van der Waals surface area contributed by atoms with Crippen LogP contribution in [0.2, 0.25) is 0 Å². The maximum absolute atomic E-state index is 13.5. The molecule has 1 aliphatic rings. The van der Waals surface area contributed by atoms with Gasteiger partial charge in [-0.3, -0.25) is 14.5 Å². The Morgan fingerprint density at radius 1 is 1.23 bits per heavy atom. The third-order valence-corrected chi connectivity index (χ3v) is 4.68. The number of pyridine rings is 1. The Bertz CT molecular complexity index is 1120. The third kappa shape index (κ3) is 3.69. The molecule has 0 fully saturated rings. The largest absolute Gasteiger partial charge is 0.487 e. The van der Waals surface area contributed by atoms with E-state index < -0.39 is 23.7 Å². The number of nitrogens with zero attached hydrogens (tertiary/aromatic N) is 4. The molecule has 1 aromatic carbocycles. The number of ether oxygens (including phenoxy) is 1. The third-order valence-electron chi connectivity index (χ3n) is 4.68. The molecule has 1 atom stereocenters. The fourth-order valence-electron chi connectivity index (χ4n) is 3.12. The van der Waals surface area contributed by atoms with Crippen LogP contribution >= 0.6 is 0 Å². The number of fused-ring (bicyclic) bond motifs is 1. The molecule has 30 heavy (non-hydrogen) atoms. The Hall–Kier alpha value is -3.88. The first-order chi connectivity index (χ1) is 14.4. The highest BCUT2D eigenvalue weighted by atomic mass is 19.1. The molecule has 0 aliphatic carbocycles. The molecule has 0 saturated heterocycles. The second-order valence-electron chi connectivity index (χ2n) is 6.80. The van der Waals surface area contributed by atoms with E-state index in [4.69, 9.17) is 4.74 Å². The first-order valence-electron chi connectivity index (χ1n) is 9.20. The number of aryl methyl sites for hydroxylation is 1. The topological polar surface area (TPSA) is 97.3 Å². The lowest BCUT2D eigenvalue weighted by molar-refractivity contribution is -0.120. The van der Waals surface area contributed by atoms with E-state index in [-0.39, 0.29) is 24.0 Å². The van der Waals surface area contributed by atoms with Crippen molar-refractivity contribution in [2.45, 2.75) is 13.0 Å². The summed E-state index contributed by atoms with van der Waals surface area (Å²) in [6.07, 6.45) is 2.56. The van der Waals surface area contributed by atoms with Crippen LogP contribution in [-0.4, -0.2) is 46.5 Å². The van der Waals surface area contributed by atoms with E-state index in [1.54, 1.807) is 6.20 Å². The number of benzene rings is 1. The average Bonchev–Trinajstić information content (AvgIpc) is 2.86. The van der Waals surface area contributed by atoms with Gasteiger partial charge in [0.2, 0.25) is 5.82 Å². The van der Waals surface area contributed by atoms with E-state index in [1.165, 1.54) is 11.9 Å². The monoisotopic (exact) mass is 407 g/mol. The predicted octanol–water partition coefficient (Wildman–Crippen LogP) is 2.14. The first-order valence-corrected chi connectivity index (χ1v) is 9.20. The van der Waals surface area contributed by atoms with E-state index in [2.05, 4.69) is 20.3 Å². The fraction of sp³-hybridized carbons (Fsp3) is 0.190. The van der Waals surface area contributed by atoms with Gasteiger partial charge in [0.25, 0.3) is 11.8 Å². The van der Waals surface area contributed by atoms with Gasteiger partial charge in [-0.1, -0.05) is 30.3 Å². The molecular formula is C21H18FN5O3. The van der Waals surface area contributed by atoms with Crippen LogP contribution in [0.3, 0.4) is 0 Å². The number of carbonyl (C=O) groups excluding carboxylic acids is 2. The number of likely N-dealkylation sites (N-methyl/N-ethyl adjacent to an activating group) is 1. The van der Waals surface area contributed by atoms with Gasteiger partial charge in [0.05, 0.1) is 11.9 Å². The molecule has 0 bridgehead atoms. The second-order valence-corrected chi connectivity index (χ2v) is 6.80. The van der Waals surface area contributed by atoms with Crippen molar-refractivity contribution in [2.24, 2.45) is 0 Å². The van der Waals surface area contributed by atoms with Gasteiger partial charge in [0, 0.05) is 24.9 Å². The molecule has 0 radical (unpaired) electrons. The fourth-order valence-corrected chi connectivity index (χ4v) is 3.12. The van der Waals surface area contributed by atoms with Crippen molar-refractivity contribution in [3.05, 3.63) is 66.0 Å². The molecular weight excluding hydrogens is 389 g/mol. The zero-order chi connectivity index (χ0) is 21.3. The number of anilines is 1. The maximum atomic E-state index is 13.5. The number of amides is 2. The predicted molar refractivity (Wildman–Crippen MR) is 107 cm³/mol. The summed E-state index contributed by atoms with van der Waals surface area (Å²) in [5, 5.41) is 2.60. The average molecular weight is 407 g/mol. The highest BCUT2D eigenvalue weighted by molar-refractivity contribution is 6.01. The maximum Gasteiger partial charge on any atom is 0.289 e. The summed E-state index contributed by atoms with van der Waals surface area (Å²) in [6, 6.07) is 9.55. The van der Waals surface area contributed by atoms with Gasteiger partial charge in [-0.05, 0) is 12.5 Å². The summed E-state index contributed by atoms with van der Waals surface area (Å²) >= 11 is 0. The molecule has 3 aromatic rings. The Balaban J connectivity index is 1.57. The molecule has 1 aliphatic heterocycles. The Morgan fingerprint density at radius 2 is 2.00 bits per heavy atom. The summed E-state index contributed by atoms with van der Waals surface area (Å²) in [5.41, 5.74) is 2.29. The van der Waals surface area contributed by atoms with E-state index in [9.17, 15) is 14.0 Å². The van der Waals surface area contributed by atoms with Crippen LogP contribution < -0.4 is 15.0 Å². The lowest BCUT2D eigenvalue weighted by atomic mass is 10.1. The van der Waals surface area contributed by atoms with Crippen molar-refractivity contribution in [3.63, 3.8) is 0 Å². The summed E-state index contributed by atoms with van der Waals surface area (Å²) in [4.78, 5) is 39.1. The molecule has 1 N–H and O–H groups in total. The second kappa shape index (κ2) is 7.86. The van der Waals surface area contributed by atoms with Crippen LogP contribution in [0.15, 0.2) is 48.8 Å². The van der Waals surface area contributed by atoms with Crippen LogP contribution in [0, 0.1) is 12.7 Å². The van der Waals surface area contributed by atoms with Gasteiger partial charge >= 0.3 is 0 Å². The molecule has 0 spiro atoms. The van der Waals surface area contributed by atoms with E-state index in [0.29, 0.717) is 5.69 Å². The van der Waals surface area contributed by atoms with Gasteiger partial charge in [-0.15, -0.1) is 0 Å². The Labute approximate surface area is 171 Å². The van der Waals surface area contributed by atoms with Crippen LogP contribution in [0.25, 0.3) is 11.3 Å². The normalized spacial score (nSPS) is 15.8. The van der Waals surface area contributed by atoms with Crippen molar-refractivity contribution >= 4 is 17.6 Å². The van der Waals surface area contributed by atoms with Gasteiger partial charge in [-0.25, -0.2) is 19.3 Å². The minimum absolute atomic E-state index is 0.0687. The summed E-state index contributed by atoms with van der Waals surface area (Å²) in [6.45, 7) is 1.68. The standard InChI is InChI=1S/C21H18FN5O3/c1-12-9-23-18(26-17(12)13-6-4-3-5-7-13)20(28)25-15-11-30-16-8-14(22)10-24-19(16)27(2)21(15)29/h3-10,15H,11H2,1-2H3,(H,25,28)/t15-/m0/s1.